The second-order valence-corrected chi connectivity index (χ2v) is 4.00. The summed E-state index contributed by atoms with van der Waals surface area (Å²) in [6, 6.07) is 2.71. The van der Waals surface area contributed by atoms with Gasteiger partial charge in [-0.1, -0.05) is 0 Å². The number of aromatic carboxylic acids is 1. The first-order chi connectivity index (χ1) is 10.3. The first-order valence-corrected chi connectivity index (χ1v) is 5.66. The van der Waals surface area contributed by atoms with Gasteiger partial charge in [-0.05, 0) is 0 Å². The largest absolute Gasteiger partial charge is 0.478 e. The second kappa shape index (κ2) is 5.68. The Morgan fingerprint density at radius 2 is 2.18 bits per heavy atom. The molecule has 2 aromatic heterocycles. The van der Waals surface area contributed by atoms with Crippen LogP contribution in [0.1, 0.15) is 16.1 Å². The number of halogens is 3. The Kier molecular flexibility index (Phi) is 3.93. The predicted octanol–water partition coefficient (Wildman–Crippen LogP) is 1.21. The number of nitrogens with zero attached hydrogens (tertiary/aromatic N) is 5. The van der Waals surface area contributed by atoms with Crippen molar-refractivity contribution < 1.29 is 23.1 Å². The lowest BCUT2D eigenvalue weighted by Gasteiger charge is -2.09. The number of hydrogen-bond acceptors (Lipinski definition) is 6. The summed E-state index contributed by atoms with van der Waals surface area (Å²) in [6.45, 7) is -1.34. The van der Waals surface area contributed by atoms with Crippen molar-refractivity contribution in [1.29, 1.82) is 5.26 Å². The van der Waals surface area contributed by atoms with Crippen LogP contribution < -0.4 is 5.32 Å². The average molecular weight is 312 g/mol. The lowest BCUT2D eigenvalue weighted by Crippen LogP contribution is -2.22. The minimum Gasteiger partial charge on any atom is -0.478 e. The maximum absolute atomic E-state index is 12.2. The minimum atomic E-state index is -4.46. The van der Waals surface area contributed by atoms with Gasteiger partial charge >= 0.3 is 12.1 Å². The smallest absolute Gasteiger partial charge is 0.405 e. The summed E-state index contributed by atoms with van der Waals surface area (Å²) in [5, 5.41) is 23.3. The molecule has 0 spiro atoms. The molecular formula is C11H7F3N6O2. The molecule has 0 radical (unpaired) electrons. The Hall–Kier alpha value is -3.16. The number of hydrogen-bond donors (Lipinski definition) is 2. The molecule has 0 aliphatic rings. The van der Waals surface area contributed by atoms with Crippen LogP contribution in [0.4, 0.5) is 19.0 Å². The van der Waals surface area contributed by atoms with Crippen molar-refractivity contribution in [3.8, 4) is 12.0 Å². The Morgan fingerprint density at radius 3 is 2.73 bits per heavy atom. The Bertz CT molecular complexity index is 749. The van der Waals surface area contributed by atoms with E-state index >= 15 is 0 Å². The average Bonchev–Trinajstić information content (AvgIpc) is 2.94. The molecule has 0 aromatic carbocycles. The number of carboxylic acid groups (broad SMARTS) is 1. The van der Waals surface area contributed by atoms with Crippen molar-refractivity contribution in [2.24, 2.45) is 0 Å². The van der Waals surface area contributed by atoms with Gasteiger partial charge in [0, 0.05) is 12.3 Å². The number of carboxylic acids is 1. The van der Waals surface area contributed by atoms with Crippen LogP contribution in [0.15, 0.2) is 18.5 Å². The van der Waals surface area contributed by atoms with Crippen molar-refractivity contribution in [3.05, 3.63) is 29.7 Å². The highest BCUT2D eigenvalue weighted by Gasteiger charge is 2.27. The molecule has 2 aromatic rings. The Labute approximate surface area is 120 Å². The van der Waals surface area contributed by atoms with Gasteiger partial charge in [-0.3, -0.25) is 0 Å². The van der Waals surface area contributed by atoms with Gasteiger partial charge in [0.15, 0.2) is 0 Å². The van der Waals surface area contributed by atoms with E-state index in [1.54, 1.807) is 6.07 Å². The highest BCUT2D eigenvalue weighted by atomic mass is 19.4. The van der Waals surface area contributed by atoms with Crippen LogP contribution in [-0.4, -0.2) is 43.5 Å². The van der Waals surface area contributed by atoms with Gasteiger partial charge in [0.25, 0.3) is 5.95 Å². The molecule has 2 rings (SSSR count). The molecule has 0 saturated heterocycles. The molecule has 22 heavy (non-hydrogen) atoms. The summed E-state index contributed by atoms with van der Waals surface area (Å²) in [7, 11) is 0. The summed E-state index contributed by atoms with van der Waals surface area (Å²) in [5.74, 6) is -1.69. The topological polar surface area (TPSA) is 117 Å². The SMILES string of the molecule is N#Cc1cc(NCC(F)(F)F)nc(-n2cc(C(=O)O)cn2)n1. The second-order valence-electron chi connectivity index (χ2n) is 4.00. The van der Waals surface area contributed by atoms with E-state index in [0.29, 0.717) is 0 Å². The zero-order valence-corrected chi connectivity index (χ0v) is 10.7. The van der Waals surface area contributed by atoms with E-state index in [2.05, 4.69) is 15.1 Å². The fourth-order valence-electron chi connectivity index (χ4n) is 1.42. The lowest BCUT2D eigenvalue weighted by molar-refractivity contribution is -0.115. The number of rotatable bonds is 4. The van der Waals surface area contributed by atoms with E-state index in [4.69, 9.17) is 10.4 Å². The van der Waals surface area contributed by atoms with E-state index in [1.807, 2.05) is 5.32 Å². The van der Waals surface area contributed by atoms with Crippen LogP contribution in [0.3, 0.4) is 0 Å². The van der Waals surface area contributed by atoms with Crippen LogP contribution in [0.25, 0.3) is 5.95 Å². The van der Waals surface area contributed by atoms with Gasteiger partial charge < -0.3 is 10.4 Å². The van der Waals surface area contributed by atoms with Gasteiger partial charge in [-0.2, -0.15) is 28.5 Å². The fraction of sp³-hybridized carbons (Fsp3) is 0.182. The van der Waals surface area contributed by atoms with Crippen LogP contribution in [0.2, 0.25) is 0 Å². The van der Waals surface area contributed by atoms with Crippen molar-refractivity contribution in [3.63, 3.8) is 0 Å². The molecule has 0 fully saturated rings. The van der Waals surface area contributed by atoms with Crippen LogP contribution >= 0.6 is 0 Å². The normalized spacial score (nSPS) is 11.0. The first-order valence-electron chi connectivity index (χ1n) is 5.66. The molecule has 0 aliphatic heterocycles. The Balaban J connectivity index is 2.34. The van der Waals surface area contributed by atoms with Crippen molar-refractivity contribution in [2.75, 3.05) is 11.9 Å². The van der Waals surface area contributed by atoms with Gasteiger partial charge in [0.05, 0.1) is 11.8 Å². The van der Waals surface area contributed by atoms with Gasteiger partial charge in [-0.25, -0.2) is 14.5 Å². The standard InChI is InChI=1S/C11H7F3N6O2/c12-11(13,14)5-16-8-1-7(2-15)18-10(19-8)20-4-6(3-17-20)9(21)22/h1,3-4H,5H2,(H,21,22)(H,16,18,19). The number of nitriles is 1. The van der Waals surface area contributed by atoms with Crippen LogP contribution in [0, 0.1) is 11.3 Å². The number of carbonyl (C=O) groups is 1. The molecule has 2 heterocycles. The predicted molar refractivity (Wildman–Crippen MR) is 65.4 cm³/mol. The van der Waals surface area contributed by atoms with Crippen LogP contribution in [0.5, 0.6) is 0 Å². The quantitative estimate of drug-likeness (QED) is 0.871. The monoisotopic (exact) mass is 312 g/mol. The Morgan fingerprint density at radius 1 is 1.45 bits per heavy atom. The highest BCUT2D eigenvalue weighted by molar-refractivity contribution is 5.86. The lowest BCUT2D eigenvalue weighted by atomic mass is 10.4. The van der Waals surface area contributed by atoms with Crippen molar-refractivity contribution in [1.82, 2.24) is 19.7 Å². The summed E-state index contributed by atoms with van der Waals surface area (Å²) in [4.78, 5) is 18.3. The van der Waals surface area contributed by atoms with Gasteiger partial charge in [0.1, 0.15) is 24.1 Å². The van der Waals surface area contributed by atoms with Gasteiger partial charge in [0.2, 0.25) is 0 Å². The third kappa shape index (κ3) is 3.69. The molecule has 0 atom stereocenters. The molecule has 2 N–H and O–H groups in total. The molecule has 114 valence electrons. The van der Waals surface area contributed by atoms with E-state index in [1.165, 1.54) is 0 Å². The molecule has 8 nitrogen and oxygen atoms in total. The van der Waals surface area contributed by atoms with E-state index in [0.717, 1.165) is 23.1 Å². The third-order valence-electron chi connectivity index (χ3n) is 2.33. The fourth-order valence-corrected chi connectivity index (χ4v) is 1.42. The maximum Gasteiger partial charge on any atom is 0.405 e. The van der Waals surface area contributed by atoms with E-state index in [-0.39, 0.29) is 23.0 Å². The summed E-state index contributed by atoms with van der Waals surface area (Å²) in [5.41, 5.74) is -0.349. The van der Waals surface area contributed by atoms with Crippen molar-refractivity contribution in [2.45, 2.75) is 6.18 Å². The number of nitrogens with one attached hydrogen (secondary N) is 1. The number of aromatic nitrogens is 4. The minimum absolute atomic E-state index is 0.157. The third-order valence-corrected chi connectivity index (χ3v) is 2.33. The molecule has 0 saturated carbocycles. The van der Waals surface area contributed by atoms with Crippen LogP contribution in [-0.2, 0) is 0 Å². The van der Waals surface area contributed by atoms with Gasteiger partial charge in [-0.15, -0.1) is 0 Å². The molecule has 0 unspecified atom stereocenters. The molecule has 0 aliphatic carbocycles. The summed E-state index contributed by atoms with van der Waals surface area (Å²) >= 11 is 0. The van der Waals surface area contributed by atoms with E-state index < -0.39 is 18.7 Å². The highest BCUT2D eigenvalue weighted by Crippen LogP contribution is 2.16. The zero-order valence-electron chi connectivity index (χ0n) is 10.7. The molecule has 0 bridgehead atoms. The zero-order chi connectivity index (χ0) is 16.3. The number of alkyl halides is 3. The van der Waals surface area contributed by atoms with Crippen molar-refractivity contribution >= 4 is 11.8 Å². The molecule has 11 heteroatoms. The summed E-state index contributed by atoms with van der Waals surface area (Å²) < 4.78 is 37.5. The first kappa shape index (κ1) is 15.2. The summed E-state index contributed by atoms with van der Waals surface area (Å²) in [6.07, 6.45) is -2.36. The molecular weight excluding hydrogens is 305 g/mol. The number of anilines is 1. The van der Waals surface area contributed by atoms with E-state index in [9.17, 15) is 18.0 Å². The molecule has 0 amide bonds. The maximum atomic E-state index is 12.2.